The first-order valence-corrected chi connectivity index (χ1v) is 8.67. The van der Waals surface area contributed by atoms with Gasteiger partial charge in [-0.05, 0) is 20.8 Å². The molecular weight excluding hydrogens is 308 g/mol. The van der Waals surface area contributed by atoms with E-state index in [0.717, 1.165) is 31.1 Å². The molecule has 0 spiro atoms. The maximum atomic E-state index is 12.7. The minimum Gasteiger partial charge on any atom is -0.360 e. The Bertz CT molecular complexity index is 605. The quantitative estimate of drug-likeness (QED) is 0.818. The number of hydrogen-bond acceptors (Lipinski definition) is 5. The van der Waals surface area contributed by atoms with Crippen LogP contribution >= 0.6 is 0 Å². The van der Waals surface area contributed by atoms with E-state index in [1.165, 1.54) is 0 Å². The lowest BCUT2D eigenvalue weighted by Gasteiger charge is -2.35. The van der Waals surface area contributed by atoms with Crippen LogP contribution in [0.2, 0.25) is 0 Å². The second-order valence-corrected chi connectivity index (χ2v) is 7.08. The number of hydrogen-bond donors (Lipinski definition) is 0. The van der Waals surface area contributed by atoms with Gasteiger partial charge in [0, 0.05) is 51.3 Å². The average molecular weight is 334 g/mol. The van der Waals surface area contributed by atoms with Gasteiger partial charge in [0.1, 0.15) is 0 Å². The summed E-state index contributed by atoms with van der Waals surface area (Å²) in [7, 11) is 0. The third-order valence-electron chi connectivity index (χ3n) is 4.87. The number of piperazine rings is 1. The molecule has 2 aliphatic rings. The predicted molar refractivity (Wildman–Crippen MR) is 88.1 cm³/mol. The van der Waals surface area contributed by atoms with E-state index in [4.69, 9.17) is 4.52 Å². The lowest BCUT2D eigenvalue weighted by Crippen LogP contribution is -2.50. The highest BCUT2D eigenvalue weighted by Gasteiger charge is 2.38. The molecule has 7 nitrogen and oxygen atoms in total. The Morgan fingerprint density at radius 3 is 2.58 bits per heavy atom. The largest absolute Gasteiger partial charge is 0.360 e. The Morgan fingerprint density at radius 1 is 1.33 bits per heavy atom. The van der Waals surface area contributed by atoms with E-state index in [1.807, 2.05) is 36.6 Å². The van der Waals surface area contributed by atoms with Crippen molar-refractivity contribution in [3.8, 4) is 0 Å². The van der Waals surface area contributed by atoms with Crippen LogP contribution in [0.4, 0.5) is 0 Å². The predicted octanol–water partition coefficient (Wildman–Crippen LogP) is 0.884. The number of likely N-dealkylation sites (tertiary alicyclic amines) is 1. The molecule has 1 aromatic rings. The first-order valence-electron chi connectivity index (χ1n) is 8.67. The lowest BCUT2D eigenvalue weighted by molar-refractivity contribution is -0.137. The molecule has 2 aliphatic heterocycles. The molecule has 2 saturated heterocycles. The average Bonchev–Trinajstić information content (AvgIpc) is 3.13. The zero-order valence-electron chi connectivity index (χ0n) is 14.7. The molecule has 0 aromatic carbocycles. The van der Waals surface area contributed by atoms with Crippen LogP contribution in [0.25, 0.3) is 0 Å². The van der Waals surface area contributed by atoms with Crippen LogP contribution in [0.15, 0.2) is 10.6 Å². The van der Waals surface area contributed by atoms with Crippen molar-refractivity contribution < 1.29 is 14.1 Å². The van der Waals surface area contributed by atoms with Crippen LogP contribution in [-0.4, -0.2) is 70.4 Å². The highest BCUT2D eigenvalue weighted by atomic mass is 16.5. The summed E-state index contributed by atoms with van der Waals surface area (Å²) in [5.41, 5.74) is 0.888. The Balaban J connectivity index is 1.49. The minimum absolute atomic E-state index is 0.0997. The molecule has 3 rings (SSSR count). The van der Waals surface area contributed by atoms with Gasteiger partial charge in [0.15, 0.2) is 5.76 Å². The standard InChI is InChI=1S/C17H26N4O3/c1-12(2)21-10-14(9-16(21)22)17(23)20-6-4-19(5-7-20)11-15-8-13(3)18-24-15/h8,12,14H,4-7,9-11H2,1-3H3/t14-/m1/s1. The van der Waals surface area contributed by atoms with Gasteiger partial charge in [-0.3, -0.25) is 14.5 Å². The number of rotatable bonds is 4. The number of carbonyl (C=O) groups is 2. The van der Waals surface area contributed by atoms with Crippen LogP contribution < -0.4 is 0 Å². The third-order valence-corrected chi connectivity index (χ3v) is 4.87. The molecule has 2 fully saturated rings. The normalized spacial score (nSPS) is 22.7. The SMILES string of the molecule is Cc1cc(CN2CCN(C(=O)[C@@H]3CC(=O)N(C(C)C)C3)CC2)on1. The van der Waals surface area contributed by atoms with Gasteiger partial charge in [0.25, 0.3) is 0 Å². The molecule has 0 N–H and O–H groups in total. The van der Waals surface area contributed by atoms with E-state index in [9.17, 15) is 9.59 Å². The van der Waals surface area contributed by atoms with Gasteiger partial charge in [-0.2, -0.15) is 0 Å². The molecule has 0 unspecified atom stereocenters. The molecule has 1 atom stereocenters. The Kier molecular flexibility index (Phi) is 4.89. The summed E-state index contributed by atoms with van der Waals surface area (Å²) in [4.78, 5) is 30.7. The zero-order chi connectivity index (χ0) is 17.3. The molecule has 2 amide bonds. The maximum absolute atomic E-state index is 12.7. The summed E-state index contributed by atoms with van der Waals surface area (Å²) in [5, 5.41) is 3.90. The number of aryl methyl sites for hydroxylation is 1. The van der Waals surface area contributed by atoms with E-state index in [2.05, 4.69) is 10.1 Å². The van der Waals surface area contributed by atoms with Crippen LogP contribution in [0.5, 0.6) is 0 Å². The third kappa shape index (κ3) is 3.61. The van der Waals surface area contributed by atoms with E-state index >= 15 is 0 Å². The monoisotopic (exact) mass is 334 g/mol. The lowest BCUT2D eigenvalue weighted by atomic mass is 10.1. The maximum Gasteiger partial charge on any atom is 0.228 e. The Hall–Kier alpha value is -1.89. The molecule has 0 saturated carbocycles. The molecular formula is C17H26N4O3. The smallest absolute Gasteiger partial charge is 0.228 e. The fourth-order valence-corrected chi connectivity index (χ4v) is 3.49. The first-order chi connectivity index (χ1) is 11.4. The second kappa shape index (κ2) is 6.93. The van der Waals surface area contributed by atoms with Crippen molar-refractivity contribution >= 4 is 11.8 Å². The van der Waals surface area contributed by atoms with Crippen molar-refractivity contribution in [2.75, 3.05) is 32.7 Å². The molecule has 3 heterocycles. The highest BCUT2D eigenvalue weighted by molar-refractivity contribution is 5.89. The molecule has 0 radical (unpaired) electrons. The molecule has 0 bridgehead atoms. The van der Waals surface area contributed by atoms with E-state index < -0.39 is 0 Å². The molecule has 0 aliphatic carbocycles. The van der Waals surface area contributed by atoms with Crippen molar-refractivity contribution in [2.24, 2.45) is 5.92 Å². The summed E-state index contributed by atoms with van der Waals surface area (Å²) < 4.78 is 5.25. The summed E-state index contributed by atoms with van der Waals surface area (Å²) >= 11 is 0. The van der Waals surface area contributed by atoms with E-state index in [0.29, 0.717) is 26.1 Å². The molecule has 7 heteroatoms. The Labute approximate surface area is 142 Å². The number of amides is 2. The fourth-order valence-electron chi connectivity index (χ4n) is 3.49. The molecule has 132 valence electrons. The molecule has 24 heavy (non-hydrogen) atoms. The zero-order valence-corrected chi connectivity index (χ0v) is 14.7. The summed E-state index contributed by atoms with van der Waals surface area (Å²) in [6.07, 6.45) is 0.356. The number of nitrogens with zero attached hydrogens (tertiary/aromatic N) is 4. The van der Waals surface area contributed by atoms with Crippen LogP contribution in [0, 0.1) is 12.8 Å². The highest BCUT2D eigenvalue weighted by Crippen LogP contribution is 2.23. The fraction of sp³-hybridized carbons (Fsp3) is 0.706. The minimum atomic E-state index is -0.177. The van der Waals surface area contributed by atoms with Crippen molar-refractivity contribution in [1.29, 1.82) is 0 Å². The van der Waals surface area contributed by atoms with E-state index in [-0.39, 0.29) is 23.8 Å². The van der Waals surface area contributed by atoms with Gasteiger partial charge in [0.05, 0.1) is 18.2 Å². The van der Waals surface area contributed by atoms with Gasteiger partial charge < -0.3 is 14.3 Å². The Morgan fingerprint density at radius 2 is 2.04 bits per heavy atom. The van der Waals surface area contributed by atoms with Gasteiger partial charge >= 0.3 is 0 Å². The topological polar surface area (TPSA) is 69.9 Å². The van der Waals surface area contributed by atoms with Crippen LogP contribution in [-0.2, 0) is 16.1 Å². The van der Waals surface area contributed by atoms with Crippen molar-refractivity contribution in [3.05, 3.63) is 17.5 Å². The number of carbonyl (C=O) groups excluding carboxylic acids is 2. The van der Waals surface area contributed by atoms with E-state index in [1.54, 1.807) is 0 Å². The van der Waals surface area contributed by atoms with Crippen molar-refractivity contribution in [1.82, 2.24) is 19.9 Å². The first kappa shape index (κ1) is 17.0. The van der Waals surface area contributed by atoms with Gasteiger partial charge in [-0.1, -0.05) is 5.16 Å². The van der Waals surface area contributed by atoms with Crippen LogP contribution in [0.3, 0.4) is 0 Å². The second-order valence-electron chi connectivity index (χ2n) is 7.08. The van der Waals surface area contributed by atoms with Crippen molar-refractivity contribution in [3.63, 3.8) is 0 Å². The number of aromatic nitrogens is 1. The summed E-state index contributed by atoms with van der Waals surface area (Å²) in [5.74, 6) is 0.911. The molecule has 1 aromatic heterocycles. The van der Waals surface area contributed by atoms with Gasteiger partial charge in [0.2, 0.25) is 11.8 Å². The van der Waals surface area contributed by atoms with Gasteiger partial charge in [-0.25, -0.2) is 0 Å². The summed E-state index contributed by atoms with van der Waals surface area (Å²) in [6, 6.07) is 2.11. The van der Waals surface area contributed by atoms with Gasteiger partial charge in [-0.15, -0.1) is 0 Å². The van der Waals surface area contributed by atoms with Crippen molar-refractivity contribution in [2.45, 2.75) is 39.8 Å². The summed E-state index contributed by atoms with van der Waals surface area (Å²) in [6.45, 7) is 10.2. The van der Waals surface area contributed by atoms with Crippen LogP contribution in [0.1, 0.15) is 31.7 Å².